The van der Waals surface area contributed by atoms with Crippen LogP contribution >= 0.6 is 0 Å². The largest absolute Gasteiger partial charge is 0.393 e. The molecule has 0 aliphatic carbocycles. The van der Waals surface area contributed by atoms with Gasteiger partial charge in [-0.1, -0.05) is 0 Å². The van der Waals surface area contributed by atoms with Gasteiger partial charge in [-0.3, -0.25) is 4.79 Å². The standard InChI is InChI=1S/C11H18N2O3/c1-3-13-6-4-5-9(13)10(15)12-7-11(2,16)8-14/h4-6,14,16H,3,7-8H2,1-2H3,(H,12,15). The molecule has 1 amide bonds. The monoisotopic (exact) mass is 226 g/mol. The average molecular weight is 226 g/mol. The SMILES string of the molecule is CCn1cccc1C(=O)NCC(C)(O)CO. The van der Waals surface area contributed by atoms with Crippen LogP contribution in [0.25, 0.3) is 0 Å². The van der Waals surface area contributed by atoms with Crippen LogP contribution in [-0.4, -0.2) is 39.4 Å². The highest BCUT2D eigenvalue weighted by atomic mass is 16.3. The van der Waals surface area contributed by atoms with E-state index in [1.54, 1.807) is 12.1 Å². The normalized spacial score (nSPS) is 14.5. The van der Waals surface area contributed by atoms with Crippen LogP contribution in [-0.2, 0) is 6.54 Å². The number of hydrogen-bond acceptors (Lipinski definition) is 3. The van der Waals surface area contributed by atoms with E-state index in [0.29, 0.717) is 12.2 Å². The second kappa shape index (κ2) is 5.14. The molecular weight excluding hydrogens is 208 g/mol. The maximum absolute atomic E-state index is 11.7. The highest BCUT2D eigenvalue weighted by molar-refractivity contribution is 5.92. The van der Waals surface area contributed by atoms with Gasteiger partial charge in [-0.05, 0) is 26.0 Å². The third-order valence-corrected chi connectivity index (χ3v) is 2.37. The van der Waals surface area contributed by atoms with Crippen LogP contribution in [0.5, 0.6) is 0 Å². The molecule has 1 aromatic rings. The first kappa shape index (κ1) is 12.7. The van der Waals surface area contributed by atoms with Crippen LogP contribution < -0.4 is 5.32 Å². The Labute approximate surface area is 94.7 Å². The van der Waals surface area contributed by atoms with E-state index >= 15 is 0 Å². The van der Waals surface area contributed by atoms with E-state index in [1.807, 2.05) is 17.7 Å². The fraction of sp³-hybridized carbons (Fsp3) is 0.545. The third-order valence-electron chi connectivity index (χ3n) is 2.37. The number of rotatable bonds is 5. The van der Waals surface area contributed by atoms with Gasteiger partial charge in [0.25, 0.3) is 5.91 Å². The van der Waals surface area contributed by atoms with Crippen molar-refractivity contribution in [2.45, 2.75) is 26.0 Å². The maximum Gasteiger partial charge on any atom is 0.268 e. The highest BCUT2D eigenvalue weighted by Gasteiger charge is 2.20. The van der Waals surface area contributed by atoms with E-state index < -0.39 is 5.60 Å². The third kappa shape index (κ3) is 3.08. The van der Waals surface area contributed by atoms with Crippen LogP contribution in [0.15, 0.2) is 18.3 Å². The zero-order valence-corrected chi connectivity index (χ0v) is 9.60. The van der Waals surface area contributed by atoms with Crippen LogP contribution in [0.2, 0.25) is 0 Å². The number of aliphatic hydroxyl groups excluding tert-OH is 1. The molecule has 0 aliphatic rings. The topological polar surface area (TPSA) is 74.5 Å². The van der Waals surface area contributed by atoms with Crippen LogP contribution in [0.3, 0.4) is 0 Å². The summed E-state index contributed by atoms with van der Waals surface area (Å²) in [4.78, 5) is 11.7. The molecule has 0 bridgehead atoms. The lowest BCUT2D eigenvalue weighted by atomic mass is 10.1. The van der Waals surface area contributed by atoms with Gasteiger partial charge in [-0.25, -0.2) is 0 Å². The van der Waals surface area contributed by atoms with Gasteiger partial charge in [-0.2, -0.15) is 0 Å². The van der Waals surface area contributed by atoms with E-state index in [-0.39, 0.29) is 19.1 Å². The summed E-state index contributed by atoms with van der Waals surface area (Å²) in [7, 11) is 0. The first-order valence-electron chi connectivity index (χ1n) is 5.27. The maximum atomic E-state index is 11.7. The first-order chi connectivity index (χ1) is 7.50. The molecule has 1 heterocycles. The molecule has 16 heavy (non-hydrogen) atoms. The predicted octanol–water partition coefficient (Wildman–Crippen LogP) is -0.0189. The molecule has 0 fully saturated rings. The van der Waals surface area contributed by atoms with E-state index in [4.69, 9.17) is 5.11 Å². The number of amides is 1. The van der Waals surface area contributed by atoms with Crippen molar-refractivity contribution in [2.24, 2.45) is 0 Å². The molecule has 0 saturated carbocycles. The number of aliphatic hydroxyl groups is 2. The second-order valence-electron chi connectivity index (χ2n) is 4.02. The van der Waals surface area contributed by atoms with Crippen LogP contribution in [0.4, 0.5) is 0 Å². The van der Waals surface area contributed by atoms with E-state index in [1.165, 1.54) is 6.92 Å². The highest BCUT2D eigenvalue weighted by Crippen LogP contribution is 2.04. The van der Waals surface area contributed by atoms with Crippen molar-refractivity contribution < 1.29 is 15.0 Å². The molecule has 1 unspecified atom stereocenters. The Morgan fingerprint density at radius 3 is 2.88 bits per heavy atom. The van der Waals surface area contributed by atoms with E-state index in [0.717, 1.165) is 0 Å². The fourth-order valence-electron chi connectivity index (χ4n) is 1.31. The first-order valence-corrected chi connectivity index (χ1v) is 5.27. The summed E-state index contributed by atoms with van der Waals surface area (Å²) in [6, 6.07) is 3.51. The summed E-state index contributed by atoms with van der Waals surface area (Å²) in [5.41, 5.74) is -0.726. The summed E-state index contributed by atoms with van der Waals surface area (Å²) < 4.78 is 1.81. The van der Waals surface area contributed by atoms with Gasteiger partial charge in [0.05, 0.1) is 6.61 Å². The van der Waals surface area contributed by atoms with Crippen molar-refractivity contribution in [3.8, 4) is 0 Å². The number of nitrogens with one attached hydrogen (secondary N) is 1. The van der Waals surface area contributed by atoms with Gasteiger partial charge >= 0.3 is 0 Å². The predicted molar refractivity (Wildman–Crippen MR) is 60.1 cm³/mol. The molecule has 5 heteroatoms. The summed E-state index contributed by atoms with van der Waals surface area (Å²) in [5, 5.41) is 20.9. The number of nitrogens with zero attached hydrogens (tertiary/aromatic N) is 1. The molecule has 1 aromatic heterocycles. The number of hydrogen-bond donors (Lipinski definition) is 3. The van der Waals surface area contributed by atoms with Crippen molar-refractivity contribution in [3.05, 3.63) is 24.0 Å². The minimum absolute atomic E-state index is 0.0250. The molecule has 0 aliphatic heterocycles. The van der Waals surface area contributed by atoms with E-state index in [2.05, 4.69) is 5.32 Å². The molecule has 0 spiro atoms. The number of carbonyl (C=O) groups excluding carboxylic acids is 1. The number of carbonyl (C=O) groups is 1. The molecular formula is C11H18N2O3. The molecule has 90 valence electrons. The lowest BCUT2D eigenvalue weighted by Crippen LogP contribution is -2.43. The molecule has 0 radical (unpaired) electrons. The summed E-state index contributed by atoms with van der Waals surface area (Å²) in [5.74, 6) is -0.249. The van der Waals surface area contributed by atoms with Gasteiger partial charge in [0.15, 0.2) is 0 Å². The summed E-state index contributed by atoms with van der Waals surface area (Å²) in [6.45, 7) is 3.76. The van der Waals surface area contributed by atoms with E-state index in [9.17, 15) is 9.90 Å². The Bertz CT molecular complexity index is 358. The van der Waals surface area contributed by atoms with Gasteiger partial charge in [0.1, 0.15) is 11.3 Å². The van der Waals surface area contributed by atoms with Gasteiger partial charge in [-0.15, -0.1) is 0 Å². The van der Waals surface area contributed by atoms with Gasteiger partial charge in [0.2, 0.25) is 0 Å². The fourth-order valence-corrected chi connectivity index (χ4v) is 1.31. The van der Waals surface area contributed by atoms with Crippen LogP contribution in [0.1, 0.15) is 24.3 Å². The molecule has 3 N–H and O–H groups in total. The Balaban J connectivity index is 2.60. The lowest BCUT2D eigenvalue weighted by molar-refractivity contribution is 0.00313. The summed E-state index contributed by atoms with van der Waals surface area (Å²) >= 11 is 0. The average Bonchev–Trinajstić information content (AvgIpc) is 2.74. The molecule has 1 rings (SSSR count). The smallest absolute Gasteiger partial charge is 0.268 e. The Morgan fingerprint density at radius 2 is 2.31 bits per heavy atom. The van der Waals surface area contributed by atoms with Crippen molar-refractivity contribution in [2.75, 3.05) is 13.2 Å². The molecule has 0 saturated heterocycles. The number of aryl methyl sites for hydroxylation is 1. The van der Waals surface area contributed by atoms with Gasteiger partial charge < -0.3 is 20.1 Å². The summed E-state index contributed by atoms with van der Waals surface area (Å²) in [6.07, 6.45) is 1.82. The number of aromatic nitrogens is 1. The van der Waals surface area contributed by atoms with Crippen molar-refractivity contribution >= 4 is 5.91 Å². The van der Waals surface area contributed by atoms with Crippen molar-refractivity contribution in [1.82, 2.24) is 9.88 Å². The molecule has 0 aromatic carbocycles. The zero-order chi connectivity index (χ0) is 12.2. The minimum atomic E-state index is -1.28. The second-order valence-corrected chi connectivity index (χ2v) is 4.02. The zero-order valence-electron chi connectivity index (χ0n) is 9.60. The Kier molecular flexibility index (Phi) is 4.09. The van der Waals surface area contributed by atoms with Crippen LogP contribution in [0, 0.1) is 0 Å². The molecule has 1 atom stereocenters. The Morgan fingerprint density at radius 1 is 1.62 bits per heavy atom. The minimum Gasteiger partial charge on any atom is -0.393 e. The lowest BCUT2D eigenvalue weighted by Gasteiger charge is -2.20. The molecule has 5 nitrogen and oxygen atoms in total. The Hall–Kier alpha value is -1.33. The van der Waals surface area contributed by atoms with Crippen molar-refractivity contribution in [1.29, 1.82) is 0 Å². The quantitative estimate of drug-likeness (QED) is 0.660. The van der Waals surface area contributed by atoms with Crippen molar-refractivity contribution in [3.63, 3.8) is 0 Å². The van der Waals surface area contributed by atoms with Gasteiger partial charge in [0, 0.05) is 19.3 Å².